The highest BCUT2D eigenvalue weighted by Crippen LogP contribution is 2.44. The van der Waals surface area contributed by atoms with Crippen LogP contribution in [0, 0.1) is 10.8 Å². The Morgan fingerprint density at radius 3 is 2.30 bits per heavy atom. The maximum Gasteiger partial charge on any atom is 0.328 e. The molecule has 0 spiro atoms. The number of carbonyl (C=O) groups excluding carboxylic acids is 4. The molecule has 1 rings (SSSR count). The zero-order valence-electron chi connectivity index (χ0n) is 13.5. The lowest BCUT2D eigenvalue weighted by atomic mass is 9.61. The molecule has 1 aliphatic heterocycles. The van der Waals surface area contributed by atoms with Crippen LogP contribution in [0.1, 0.15) is 33.1 Å². The van der Waals surface area contributed by atoms with E-state index >= 15 is 0 Å². The summed E-state index contributed by atoms with van der Waals surface area (Å²) in [6.45, 7) is 7.48. The van der Waals surface area contributed by atoms with Crippen molar-refractivity contribution in [2.24, 2.45) is 16.6 Å². The van der Waals surface area contributed by atoms with E-state index in [2.05, 4.69) is 22.5 Å². The average Bonchev–Trinajstić information content (AvgIpc) is 2.46. The third kappa shape index (κ3) is 3.42. The van der Waals surface area contributed by atoms with Crippen LogP contribution in [0.5, 0.6) is 0 Å². The zero-order chi connectivity index (χ0) is 17.7. The summed E-state index contributed by atoms with van der Waals surface area (Å²) in [5.74, 6) is -2.04. The van der Waals surface area contributed by atoms with E-state index in [-0.39, 0.29) is 6.42 Å². The van der Waals surface area contributed by atoms with Crippen LogP contribution in [0.3, 0.4) is 0 Å². The largest absolute Gasteiger partial charge is 0.356 e. The van der Waals surface area contributed by atoms with Gasteiger partial charge in [0.2, 0.25) is 17.7 Å². The summed E-state index contributed by atoms with van der Waals surface area (Å²) in [4.78, 5) is 48.7. The molecule has 5 N–H and O–H groups in total. The SMILES string of the molecule is C=CCC1(C(C)(C)C(=O)NCCCCN)C(=O)NC(=O)NC1=O. The van der Waals surface area contributed by atoms with Gasteiger partial charge in [-0.2, -0.15) is 0 Å². The fourth-order valence-corrected chi connectivity index (χ4v) is 2.66. The molecule has 0 unspecified atom stereocenters. The molecular formula is C15H24N4O4. The van der Waals surface area contributed by atoms with Crippen LogP contribution < -0.4 is 21.7 Å². The normalized spacial score (nSPS) is 17.3. The topological polar surface area (TPSA) is 130 Å². The number of urea groups is 1. The van der Waals surface area contributed by atoms with Crippen LogP contribution in [-0.2, 0) is 14.4 Å². The molecule has 0 bridgehead atoms. The molecule has 1 saturated heterocycles. The number of amides is 5. The average molecular weight is 324 g/mol. The highest BCUT2D eigenvalue weighted by Gasteiger charge is 2.61. The minimum atomic E-state index is -1.74. The molecule has 0 aliphatic carbocycles. The van der Waals surface area contributed by atoms with Crippen LogP contribution in [0.25, 0.3) is 0 Å². The van der Waals surface area contributed by atoms with Crippen molar-refractivity contribution >= 4 is 23.8 Å². The monoisotopic (exact) mass is 324 g/mol. The Bertz CT molecular complexity index is 508. The van der Waals surface area contributed by atoms with Gasteiger partial charge in [-0.3, -0.25) is 25.0 Å². The summed E-state index contributed by atoms with van der Waals surface area (Å²) >= 11 is 0. The smallest absolute Gasteiger partial charge is 0.328 e. The molecule has 5 amide bonds. The zero-order valence-corrected chi connectivity index (χ0v) is 13.5. The standard InChI is InChI=1S/C15H24N4O4/c1-4-7-15(11(21)18-13(23)19-12(15)22)14(2,3)10(20)17-9-6-5-8-16/h4H,1,5-9,16H2,2-3H3,(H,17,20)(H2,18,19,21,22,23). The van der Waals surface area contributed by atoms with Crippen molar-refractivity contribution in [3.63, 3.8) is 0 Å². The van der Waals surface area contributed by atoms with Crippen molar-refractivity contribution in [2.75, 3.05) is 13.1 Å². The first kappa shape index (κ1) is 18.8. The molecular weight excluding hydrogens is 300 g/mol. The Labute approximate surface area is 135 Å². The summed E-state index contributed by atoms with van der Waals surface area (Å²) in [6.07, 6.45) is 2.78. The van der Waals surface area contributed by atoms with Crippen molar-refractivity contribution in [1.82, 2.24) is 16.0 Å². The van der Waals surface area contributed by atoms with Crippen LogP contribution in [0.15, 0.2) is 12.7 Å². The van der Waals surface area contributed by atoms with Crippen LogP contribution in [-0.4, -0.2) is 36.8 Å². The first-order valence-electron chi connectivity index (χ1n) is 7.50. The van der Waals surface area contributed by atoms with Gasteiger partial charge in [0.15, 0.2) is 0 Å². The third-order valence-corrected chi connectivity index (χ3v) is 4.23. The number of rotatable bonds is 8. The van der Waals surface area contributed by atoms with E-state index in [9.17, 15) is 19.2 Å². The Morgan fingerprint density at radius 1 is 1.26 bits per heavy atom. The van der Waals surface area contributed by atoms with Gasteiger partial charge in [0.1, 0.15) is 5.41 Å². The van der Waals surface area contributed by atoms with E-state index in [1.165, 1.54) is 19.9 Å². The maximum absolute atomic E-state index is 12.6. The van der Waals surface area contributed by atoms with Gasteiger partial charge in [-0.05, 0) is 39.7 Å². The molecule has 23 heavy (non-hydrogen) atoms. The predicted octanol–water partition coefficient (Wildman–Crippen LogP) is -0.204. The fraction of sp³-hybridized carbons (Fsp3) is 0.600. The Hall–Kier alpha value is -2.22. The molecule has 0 saturated carbocycles. The molecule has 1 aliphatic rings. The van der Waals surface area contributed by atoms with Gasteiger partial charge in [0, 0.05) is 6.54 Å². The van der Waals surface area contributed by atoms with Gasteiger partial charge >= 0.3 is 6.03 Å². The number of imide groups is 2. The molecule has 8 nitrogen and oxygen atoms in total. The summed E-state index contributed by atoms with van der Waals surface area (Å²) in [5.41, 5.74) is 2.28. The second-order valence-corrected chi connectivity index (χ2v) is 6.01. The Morgan fingerprint density at radius 2 is 1.83 bits per heavy atom. The number of barbiturate groups is 1. The van der Waals surface area contributed by atoms with Crippen molar-refractivity contribution in [1.29, 1.82) is 0 Å². The number of hydrogen-bond acceptors (Lipinski definition) is 5. The molecule has 8 heteroatoms. The molecule has 0 aromatic carbocycles. The van der Waals surface area contributed by atoms with Crippen molar-refractivity contribution in [3.05, 3.63) is 12.7 Å². The first-order chi connectivity index (χ1) is 10.7. The van der Waals surface area contributed by atoms with Gasteiger partial charge in [0.05, 0.1) is 5.41 Å². The summed E-state index contributed by atoms with van der Waals surface area (Å²) in [5, 5.41) is 6.85. The van der Waals surface area contributed by atoms with Crippen LogP contribution >= 0.6 is 0 Å². The molecule has 0 radical (unpaired) electrons. The molecule has 1 fully saturated rings. The van der Waals surface area contributed by atoms with E-state index in [4.69, 9.17) is 5.73 Å². The highest BCUT2D eigenvalue weighted by atomic mass is 16.2. The van der Waals surface area contributed by atoms with Gasteiger partial charge in [0.25, 0.3) is 0 Å². The molecule has 1 heterocycles. The van der Waals surface area contributed by atoms with Crippen LogP contribution in [0.4, 0.5) is 4.79 Å². The van der Waals surface area contributed by atoms with Crippen LogP contribution in [0.2, 0.25) is 0 Å². The lowest BCUT2D eigenvalue weighted by Crippen LogP contribution is -2.69. The number of nitrogens with two attached hydrogens (primary N) is 1. The quantitative estimate of drug-likeness (QED) is 0.279. The molecule has 0 aromatic rings. The number of hydrogen-bond donors (Lipinski definition) is 4. The second-order valence-electron chi connectivity index (χ2n) is 6.01. The number of carbonyl (C=O) groups is 4. The van der Waals surface area contributed by atoms with E-state index in [0.29, 0.717) is 19.5 Å². The summed E-state index contributed by atoms with van der Waals surface area (Å²) in [7, 11) is 0. The van der Waals surface area contributed by atoms with E-state index < -0.39 is 34.6 Å². The van der Waals surface area contributed by atoms with E-state index in [1.54, 1.807) is 0 Å². The minimum Gasteiger partial charge on any atom is -0.356 e. The molecule has 0 aromatic heterocycles. The fourth-order valence-electron chi connectivity index (χ4n) is 2.66. The van der Waals surface area contributed by atoms with Gasteiger partial charge < -0.3 is 11.1 Å². The number of unbranched alkanes of at least 4 members (excludes halogenated alkanes) is 1. The van der Waals surface area contributed by atoms with E-state index in [1.807, 2.05) is 0 Å². The predicted molar refractivity (Wildman–Crippen MR) is 84.0 cm³/mol. The number of allylic oxidation sites excluding steroid dienone is 1. The summed E-state index contributed by atoms with van der Waals surface area (Å²) < 4.78 is 0. The third-order valence-electron chi connectivity index (χ3n) is 4.23. The second kappa shape index (κ2) is 7.36. The van der Waals surface area contributed by atoms with E-state index in [0.717, 1.165) is 6.42 Å². The number of nitrogens with one attached hydrogen (secondary N) is 3. The molecule has 0 atom stereocenters. The highest BCUT2D eigenvalue weighted by molar-refractivity contribution is 6.21. The Kier molecular flexibility index (Phi) is 6.03. The van der Waals surface area contributed by atoms with Gasteiger partial charge in [-0.25, -0.2) is 4.79 Å². The van der Waals surface area contributed by atoms with Crippen molar-refractivity contribution in [2.45, 2.75) is 33.1 Å². The minimum absolute atomic E-state index is 0.0683. The summed E-state index contributed by atoms with van der Waals surface area (Å²) in [6, 6.07) is -0.890. The van der Waals surface area contributed by atoms with Crippen molar-refractivity contribution in [3.8, 4) is 0 Å². The van der Waals surface area contributed by atoms with Crippen molar-refractivity contribution < 1.29 is 19.2 Å². The van der Waals surface area contributed by atoms with Gasteiger partial charge in [-0.1, -0.05) is 6.08 Å². The first-order valence-corrected chi connectivity index (χ1v) is 7.50. The van der Waals surface area contributed by atoms with Gasteiger partial charge in [-0.15, -0.1) is 6.58 Å². The lowest BCUT2D eigenvalue weighted by Gasteiger charge is -2.43. The maximum atomic E-state index is 12.6. The lowest BCUT2D eigenvalue weighted by molar-refractivity contribution is -0.160. The molecule has 128 valence electrons. The Balaban J connectivity index is 3.08.